The molecular formula is C10H6FNO2. The van der Waals surface area contributed by atoms with Crippen LogP contribution in [0.5, 0.6) is 0 Å². The fraction of sp³-hybridized carbons (Fsp3) is 0. The number of hydrogen-bond acceptors (Lipinski definition) is 3. The van der Waals surface area contributed by atoms with Gasteiger partial charge in [-0.3, -0.25) is 0 Å². The van der Waals surface area contributed by atoms with E-state index in [1.54, 1.807) is 18.2 Å². The van der Waals surface area contributed by atoms with Crippen LogP contribution in [0.4, 0.5) is 4.53 Å². The van der Waals surface area contributed by atoms with Crippen molar-refractivity contribution in [1.29, 1.82) is 0 Å². The van der Waals surface area contributed by atoms with E-state index in [2.05, 4.69) is 9.93 Å². The minimum atomic E-state index is -1.07. The number of carbonyl (C=O) groups excluding carboxylic acids is 1. The molecule has 0 radical (unpaired) electrons. The van der Waals surface area contributed by atoms with E-state index in [-0.39, 0.29) is 5.69 Å². The largest absolute Gasteiger partial charge is 0.398 e. The monoisotopic (exact) mass is 191 g/mol. The average Bonchev–Trinajstić information content (AvgIpc) is 2.27. The highest BCUT2D eigenvalue weighted by Crippen LogP contribution is 2.16. The Hall–Kier alpha value is -1.97. The molecule has 0 fully saturated rings. The van der Waals surface area contributed by atoms with Gasteiger partial charge in [-0.25, -0.2) is 14.7 Å². The zero-order valence-electron chi connectivity index (χ0n) is 7.11. The van der Waals surface area contributed by atoms with Gasteiger partial charge in [-0.1, -0.05) is 24.3 Å². The Balaban J connectivity index is 2.71. The van der Waals surface area contributed by atoms with Gasteiger partial charge in [0.25, 0.3) is 0 Å². The molecule has 0 spiro atoms. The van der Waals surface area contributed by atoms with Crippen molar-refractivity contribution in [2.24, 2.45) is 0 Å². The van der Waals surface area contributed by atoms with Crippen molar-refractivity contribution in [1.82, 2.24) is 4.98 Å². The first-order chi connectivity index (χ1) is 6.83. The molecule has 0 bridgehead atoms. The van der Waals surface area contributed by atoms with Gasteiger partial charge >= 0.3 is 5.97 Å². The molecule has 0 aliphatic heterocycles. The van der Waals surface area contributed by atoms with Crippen molar-refractivity contribution < 1.29 is 14.3 Å². The standard InChI is InChI=1S/C10H6FNO2/c11-14-10(13)9-8-4-2-1-3-7(8)5-6-12-9/h1-6H. The van der Waals surface area contributed by atoms with Crippen LogP contribution < -0.4 is 0 Å². The van der Waals surface area contributed by atoms with Crippen molar-refractivity contribution in [2.45, 2.75) is 0 Å². The van der Waals surface area contributed by atoms with E-state index in [0.29, 0.717) is 5.39 Å². The lowest BCUT2D eigenvalue weighted by molar-refractivity contribution is -0.0791. The quantitative estimate of drug-likeness (QED) is 0.694. The van der Waals surface area contributed by atoms with Gasteiger partial charge in [0.15, 0.2) is 5.69 Å². The normalized spacial score (nSPS) is 10.1. The van der Waals surface area contributed by atoms with E-state index in [9.17, 15) is 9.32 Å². The summed E-state index contributed by atoms with van der Waals surface area (Å²) in [5, 5.41) is 1.40. The topological polar surface area (TPSA) is 39.2 Å². The lowest BCUT2D eigenvalue weighted by Gasteiger charge is -2.00. The zero-order chi connectivity index (χ0) is 9.97. The molecule has 2 rings (SSSR count). The summed E-state index contributed by atoms with van der Waals surface area (Å²) in [6.07, 6.45) is 1.44. The Bertz CT molecular complexity index is 479. The van der Waals surface area contributed by atoms with Gasteiger partial charge in [0.05, 0.1) is 0 Å². The number of hydrogen-bond donors (Lipinski definition) is 0. The molecule has 14 heavy (non-hydrogen) atoms. The highest BCUT2D eigenvalue weighted by Gasteiger charge is 2.12. The minimum Gasteiger partial charge on any atom is -0.248 e. The van der Waals surface area contributed by atoms with Crippen LogP contribution >= 0.6 is 0 Å². The second-order valence-corrected chi connectivity index (χ2v) is 2.75. The summed E-state index contributed by atoms with van der Waals surface area (Å²) in [6, 6.07) is 8.82. The van der Waals surface area contributed by atoms with Crippen molar-refractivity contribution in [3.8, 4) is 0 Å². The molecule has 0 amide bonds. The van der Waals surface area contributed by atoms with Crippen molar-refractivity contribution in [2.75, 3.05) is 0 Å². The molecule has 1 aromatic carbocycles. The number of aromatic nitrogens is 1. The smallest absolute Gasteiger partial charge is 0.248 e. The van der Waals surface area contributed by atoms with E-state index in [1.165, 1.54) is 6.20 Å². The molecule has 0 unspecified atom stereocenters. The van der Waals surface area contributed by atoms with Crippen LogP contribution in [0.25, 0.3) is 10.8 Å². The van der Waals surface area contributed by atoms with Gasteiger partial charge in [0.2, 0.25) is 0 Å². The van der Waals surface area contributed by atoms with Gasteiger partial charge in [-0.2, -0.15) is 0 Å². The number of carbonyl (C=O) groups is 1. The van der Waals surface area contributed by atoms with E-state index in [0.717, 1.165) is 5.39 Å². The van der Waals surface area contributed by atoms with E-state index in [1.807, 2.05) is 12.1 Å². The molecule has 0 N–H and O–H groups in total. The van der Waals surface area contributed by atoms with Gasteiger partial charge in [-0.15, -0.1) is 0 Å². The second kappa shape index (κ2) is 3.41. The Morgan fingerprint density at radius 1 is 1.29 bits per heavy atom. The van der Waals surface area contributed by atoms with Crippen molar-refractivity contribution in [3.05, 3.63) is 42.2 Å². The number of benzene rings is 1. The highest BCUT2D eigenvalue weighted by atomic mass is 19.3. The Morgan fingerprint density at radius 3 is 2.86 bits per heavy atom. The summed E-state index contributed by atoms with van der Waals surface area (Å²) in [4.78, 5) is 17.9. The fourth-order valence-electron chi connectivity index (χ4n) is 1.32. The third-order valence-corrected chi connectivity index (χ3v) is 1.94. The second-order valence-electron chi connectivity index (χ2n) is 2.75. The maximum absolute atomic E-state index is 11.7. The van der Waals surface area contributed by atoms with Gasteiger partial charge in [0, 0.05) is 16.1 Å². The maximum Gasteiger partial charge on any atom is 0.398 e. The lowest BCUT2D eigenvalue weighted by Crippen LogP contribution is -2.02. The van der Waals surface area contributed by atoms with Gasteiger partial charge in [-0.05, 0) is 11.5 Å². The molecule has 0 saturated heterocycles. The predicted molar refractivity (Wildman–Crippen MR) is 48.3 cm³/mol. The summed E-state index contributed by atoms with van der Waals surface area (Å²) in [5.74, 6) is -1.07. The molecular weight excluding hydrogens is 185 g/mol. The number of rotatable bonds is 1. The molecule has 0 saturated carbocycles. The maximum atomic E-state index is 11.7. The average molecular weight is 191 g/mol. The van der Waals surface area contributed by atoms with Crippen LogP contribution in [0.3, 0.4) is 0 Å². The van der Waals surface area contributed by atoms with Gasteiger partial charge in [0.1, 0.15) is 0 Å². The molecule has 0 atom stereocenters. The number of fused-ring (bicyclic) bond motifs is 1. The van der Waals surface area contributed by atoms with Crippen LogP contribution in [0.15, 0.2) is 36.5 Å². The third kappa shape index (κ3) is 1.31. The molecule has 1 heterocycles. The first kappa shape index (κ1) is 8.62. The van der Waals surface area contributed by atoms with Crippen LogP contribution in [0, 0.1) is 0 Å². The fourth-order valence-corrected chi connectivity index (χ4v) is 1.32. The van der Waals surface area contributed by atoms with Crippen molar-refractivity contribution >= 4 is 16.7 Å². The molecule has 4 heteroatoms. The Labute approximate surface area is 79.0 Å². The minimum absolute atomic E-state index is 0.00870. The van der Waals surface area contributed by atoms with Crippen LogP contribution in [-0.4, -0.2) is 11.0 Å². The zero-order valence-corrected chi connectivity index (χ0v) is 7.11. The van der Waals surface area contributed by atoms with Gasteiger partial charge < -0.3 is 0 Å². The molecule has 1 aromatic heterocycles. The molecule has 2 aromatic rings. The SMILES string of the molecule is O=C(OF)c1nccc2ccccc12. The Morgan fingerprint density at radius 2 is 2.07 bits per heavy atom. The molecule has 70 valence electrons. The Kier molecular flexibility index (Phi) is 2.10. The number of nitrogens with zero attached hydrogens (tertiary/aromatic N) is 1. The molecule has 0 aliphatic carbocycles. The van der Waals surface area contributed by atoms with E-state index >= 15 is 0 Å². The predicted octanol–water partition coefficient (Wildman–Crippen LogP) is 2.28. The summed E-state index contributed by atoms with van der Waals surface area (Å²) in [6.45, 7) is 0. The van der Waals surface area contributed by atoms with Crippen molar-refractivity contribution in [3.63, 3.8) is 0 Å². The summed E-state index contributed by atoms with van der Waals surface area (Å²) in [5.41, 5.74) is -0.00870. The van der Waals surface area contributed by atoms with E-state index < -0.39 is 5.97 Å². The van der Waals surface area contributed by atoms with E-state index in [4.69, 9.17) is 0 Å². The van der Waals surface area contributed by atoms with Crippen LogP contribution in [-0.2, 0) is 4.94 Å². The van der Waals surface area contributed by atoms with Crippen LogP contribution in [0.2, 0.25) is 0 Å². The summed E-state index contributed by atoms with van der Waals surface area (Å²) in [7, 11) is 0. The highest BCUT2D eigenvalue weighted by molar-refractivity contribution is 6.02. The summed E-state index contributed by atoms with van der Waals surface area (Å²) < 4.78 is 11.7. The molecule has 3 nitrogen and oxygen atoms in total. The first-order valence-electron chi connectivity index (χ1n) is 3.99. The molecule has 0 aliphatic rings. The summed E-state index contributed by atoms with van der Waals surface area (Å²) >= 11 is 0. The first-order valence-corrected chi connectivity index (χ1v) is 3.99. The number of pyridine rings is 1. The third-order valence-electron chi connectivity index (χ3n) is 1.94. The van der Waals surface area contributed by atoms with Crippen LogP contribution in [0.1, 0.15) is 10.5 Å². The lowest BCUT2D eigenvalue weighted by atomic mass is 10.1. The number of halogens is 1.